The van der Waals surface area contributed by atoms with Gasteiger partial charge in [-0.2, -0.15) is 13.2 Å². The Balaban J connectivity index is 1.35. The van der Waals surface area contributed by atoms with Gasteiger partial charge in [0.2, 0.25) is 11.8 Å². The second-order valence-electron chi connectivity index (χ2n) is 6.99. The fraction of sp³-hybridized carbons (Fsp3) is 0.316. The van der Waals surface area contributed by atoms with Crippen LogP contribution in [-0.4, -0.2) is 45.7 Å². The quantitative estimate of drug-likeness (QED) is 0.499. The van der Waals surface area contributed by atoms with Gasteiger partial charge >= 0.3 is 6.18 Å². The summed E-state index contributed by atoms with van der Waals surface area (Å²) >= 11 is 0. The molecule has 10 nitrogen and oxygen atoms in total. The fourth-order valence-electron chi connectivity index (χ4n) is 2.94. The first-order valence-corrected chi connectivity index (χ1v) is 9.60. The molecule has 0 unspecified atom stereocenters. The predicted molar refractivity (Wildman–Crippen MR) is 105 cm³/mol. The van der Waals surface area contributed by atoms with Crippen molar-refractivity contribution in [3.8, 4) is 5.88 Å². The van der Waals surface area contributed by atoms with Gasteiger partial charge in [0.1, 0.15) is 5.56 Å². The summed E-state index contributed by atoms with van der Waals surface area (Å²) < 4.78 is 48.4. The SMILES string of the molecule is O=C(Nc1ccc(OC[C@H]2CCNC2)nc1)c1cnoc1Nc1cnc(C(F)(F)F)cn1. The lowest BCUT2D eigenvalue weighted by Gasteiger charge is -2.10. The van der Waals surface area contributed by atoms with Gasteiger partial charge in [-0.15, -0.1) is 0 Å². The molecule has 0 radical (unpaired) electrons. The molecule has 0 aliphatic carbocycles. The Morgan fingerprint density at radius 2 is 2.06 bits per heavy atom. The molecule has 1 atom stereocenters. The van der Waals surface area contributed by atoms with Gasteiger partial charge in [0.25, 0.3) is 5.91 Å². The van der Waals surface area contributed by atoms with Crippen molar-refractivity contribution in [1.29, 1.82) is 0 Å². The van der Waals surface area contributed by atoms with E-state index in [1.807, 2.05) is 0 Å². The van der Waals surface area contributed by atoms with Crippen molar-refractivity contribution in [2.75, 3.05) is 30.3 Å². The van der Waals surface area contributed by atoms with Crippen LogP contribution in [0.3, 0.4) is 0 Å². The largest absolute Gasteiger partial charge is 0.477 e. The predicted octanol–water partition coefficient (Wildman–Crippen LogP) is 2.86. The molecule has 3 N–H and O–H groups in total. The number of anilines is 3. The number of carbonyl (C=O) groups is 1. The summed E-state index contributed by atoms with van der Waals surface area (Å²) in [5.41, 5.74) is -0.717. The van der Waals surface area contributed by atoms with Crippen molar-refractivity contribution >= 4 is 23.3 Å². The molecule has 1 aliphatic heterocycles. The van der Waals surface area contributed by atoms with Crippen LogP contribution in [0.2, 0.25) is 0 Å². The summed E-state index contributed by atoms with van der Waals surface area (Å²) in [5.74, 6) is 0.174. The number of hydrogen-bond acceptors (Lipinski definition) is 9. The van der Waals surface area contributed by atoms with Crippen molar-refractivity contribution in [2.24, 2.45) is 5.92 Å². The first-order chi connectivity index (χ1) is 15.4. The molecule has 3 aromatic rings. The van der Waals surface area contributed by atoms with Crippen LogP contribution in [-0.2, 0) is 6.18 Å². The summed E-state index contributed by atoms with van der Waals surface area (Å²) in [4.78, 5) is 23.6. The van der Waals surface area contributed by atoms with E-state index in [0.29, 0.717) is 30.3 Å². The van der Waals surface area contributed by atoms with E-state index in [9.17, 15) is 18.0 Å². The van der Waals surface area contributed by atoms with Gasteiger partial charge in [-0.3, -0.25) is 4.79 Å². The van der Waals surface area contributed by atoms with Gasteiger partial charge in [0.05, 0.1) is 37.1 Å². The maximum absolute atomic E-state index is 12.6. The van der Waals surface area contributed by atoms with Gasteiger partial charge in [-0.05, 0) is 19.0 Å². The van der Waals surface area contributed by atoms with Crippen molar-refractivity contribution in [3.05, 3.63) is 48.2 Å². The zero-order valence-electron chi connectivity index (χ0n) is 16.5. The number of halogens is 3. The topological polar surface area (TPSA) is 127 Å². The van der Waals surface area contributed by atoms with Gasteiger partial charge in [-0.1, -0.05) is 5.16 Å². The van der Waals surface area contributed by atoms with Crippen molar-refractivity contribution in [1.82, 2.24) is 25.4 Å². The van der Waals surface area contributed by atoms with Crippen LogP contribution in [0.15, 0.2) is 41.4 Å². The lowest BCUT2D eigenvalue weighted by molar-refractivity contribution is -0.141. The van der Waals surface area contributed by atoms with Crippen molar-refractivity contribution in [3.63, 3.8) is 0 Å². The van der Waals surface area contributed by atoms with E-state index < -0.39 is 17.8 Å². The molecule has 4 heterocycles. The fourth-order valence-corrected chi connectivity index (χ4v) is 2.94. The lowest BCUT2D eigenvalue weighted by atomic mass is 10.1. The number of hydrogen-bond donors (Lipinski definition) is 3. The Hall–Kier alpha value is -3.74. The number of ether oxygens (including phenoxy) is 1. The molecule has 0 spiro atoms. The van der Waals surface area contributed by atoms with Crippen molar-refractivity contribution in [2.45, 2.75) is 12.6 Å². The van der Waals surface area contributed by atoms with E-state index in [1.54, 1.807) is 12.1 Å². The highest BCUT2D eigenvalue weighted by molar-refractivity contribution is 6.07. The van der Waals surface area contributed by atoms with Crippen LogP contribution < -0.4 is 20.7 Å². The van der Waals surface area contributed by atoms with E-state index >= 15 is 0 Å². The normalized spacial score (nSPS) is 16.0. The van der Waals surface area contributed by atoms with Crippen LogP contribution in [0.25, 0.3) is 0 Å². The monoisotopic (exact) mass is 449 g/mol. The Labute approximate surface area is 179 Å². The summed E-state index contributed by atoms with van der Waals surface area (Å²) in [6, 6.07) is 3.28. The highest BCUT2D eigenvalue weighted by atomic mass is 19.4. The van der Waals surface area contributed by atoms with Crippen LogP contribution in [0, 0.1) is 5.92 Å². The molecule has 0 aromatic carbocycles. The minimum Gasteiger partial charge on any atom is -0.477 e. The molecule has 3 aromatic heterocycles. The second-order valence-corrected chi connectivity index (χ2v) is 6.99. The Morgan fingerprint density at radius 1 is 1.19 bits per heavy atom. The van der Waals surface area contributed by atoms with E-state index in [1.165, 1.54) is 6.20 Å². The molecule has 1 saturated heterocycles. The summed E-state index contributed by atoms with van der Waals surface area (Å²) in [6.07, 6.45) is 0.499. The van der Waals surface area contributed by atoms with E-state index in [4.69, 9.17) is 9.26 Å². The number of pyridine rings is 1. The lowest BCUT2D eigenvalue weighted by Crippen LogP contribution is -2.16. The number of nitrogens with one attached hydrogen (secondary N) is 3. The number of nitrogens with zero attached hydrogens (tertiary/aromatic N) is 4. The van der Waals surface area contributed by atoms with E-state index in [-0.39, 0.29) is 17.3 Å². The number of amides is 1. The minimum absolute atomic E-state index is 0.0146. The van der Waals surface area contributed by atoms with Gasteiger partial charge in [0, 0.05) is 18.5 Å². The standard InChI is InChI=1S/C19H18F3N7O3/c20-19(21,22)14-8-25-15(9-24-14)29-18-13(7-27-32-18)17(30)28-12-1-2-16(26-6-12)31-10-11-3-4-23-5-11/h1-2,6-9,11,23H,3-5,10H2,(H,25,29)(H,28,30)/t11-/m0/s1. The average Bonchev–Trinajstić information content (AvgIpc) is 3.45. The van der Waals surface area contributed by atoms with Gasteiger partial charge < -0.3 is 25.2 Å². The zero-order chi connectivity index (χ0) is 22.6. The van der Waals surface area contributed by atoms with E-state index in [2.05, 4.69) is 36.1 Å². The molecule has 1 aliphatic rings. The average molecular weight is 449 g/mol. The van der Waals surface area contributed by atoms with Crippen LogP contribution >= 0.6 is 0 Å². The molecule has 168 valence electrons. The summed E-state index contributed by atoms with van der Waals surface area (Å²) in [6.45, 7) is 2.47. The molecule has 4 rings (SSSR count). The first-order valence-electron chi connectivity index (χ1n) is 9.60. The van der Waals surface area contributed by atoms with Crippen molar-refractivity contribution < 1.29 is 27.2 Å². The van der Waals surface area contributed by atoms with Crippen LogP contribution in [0.4, 0.5) is 30.6 Å². The number of carbonyl (C=O) groups excluding carboxylic acids is 1. The highest BCUT2D eigenvalue weighted by Gasteiger charge is 2.32. The summed E-state index contributed by atoms with van der Waals surface area (Å²) in [7, 11) is 0. The number of aromatic nitrogens is 4. The molecule has 32 heavy (non-hydrogen) atoms. The zero-order valence-corrected chi connectivity index (χ0v) is 16.5. The molecular weight excluding hydrogens is 431 g/mol. The summed E-state index contributed by atoms with van der Waals surface area (Å²) in [5, 5.41) is 12.0. The first kappa shape index (κ1) is 21.5. The third-order valence-electron chi connectivity index (χ3n) is 4.62. The maximum Gasteiger partial charge on any atom is 0.434 e. The maximum atomic E-state index is 12.6. The Bertz CT molecular complexity index is 1050. The van der Waals surface area contributed by atoms with Crippen LogP contribution in [0.5, 0.6) is 5.88 Å². The van der Waals surface area contributed by atoms with Gasteiger partial charge in [0.15, 0.2) is 11.5 Å². The molecular formula is C19H18F3N7O3. The molecule has 0 bridgehead atoms. The number of rotatable bonds is 7. The highest BCUT2D eigenvalue weighted by Crippen LogP contribution is 2.27. The molecule has 0 saturated carbocycles. The smallest absolute Gasteiger partial charge is 0.434 e. The molecule has 1 amide bonds. The molecule has 1 fully saturated rings. The third-order valence-corrected chi connectivity index (χ3v) is 4.62. The number of alkyl halides is 3. The third kappa shape index (κ3) is 5.29. The van der Waals surface area contributed by atoms with E-state index in [0.717, 1.165) is 31.9 Å². The Morgan fingerprint density at radius 3 is 2.72 bits per heavy atom. The molecule has 13 heteroatoms. The van der Waals surface area contributed by atoms with Gasteiger partial charge in [-0.25, -0.2) is 15.0 Å². The second kappa shape index (κ2) is 9.18. The minimum atomic E-state index is -4.61. The Kier molecular flexibility index (Phi) is 6.16. The van der Waals surface area contributed by atoms with Crippen LogP contribution in [0.1, 0.15) is 22.5 Å².